The van der Waals surface area contributed by atoms with Gasteiger partial charge in [0, 0.05) is 18.7 Å². The van der Waals surface area contributed by atoms with Gasteiger partial charge in [-0.15, -0.1) is 10.2 Å². The van der Waals surface area contributed by atoms with Crippen LogP contribution in [-0.2, 0) is 17.6 Å². The lowest BCUT2D eigenvalue weighted by atomic mass is 10.1. The molecule has 1 N–H and O–H groups in total. The molecule has 3 rings (SSSR count). The molecule has 27 heavy (non-hydrogen) atoms. The lowest BCUT2D eigenvalue weighted by Gasteiger charge is -2.10. The van der Waals surface area contributed by atoms with Crippen molar-refractivity contribution < 1.29 is 9.53 Å². The molecule has 0 spiro atoms. The molecule has 1 heterocycles. The maximum absolute atomic E-state index is 12.1. The number of aromatic nitrogens is 3. The van der Waals surface area contributed by atoms with Crippen LogP contribution in [0.2, 0.25) is 0 Å². The molecule has 0 radical (unpaired) electrons. The zero-order chi connectivity index (χ0) is 19.1. The summed E-state index contributed by atoms with van der Waals surface area (Å²) < 4.78 is 7.23. The van der Waals surface area contributed by atoms with Gasteiger partial charge in [-0.05, 0) is 36.1 Å². The van der Waals surface area contributed by atoms with Crippen LogP contribution in [0.1, 0.15) is 11.4 Å². The van der Waals surface area contributed by atoms with Crippen LogP contribution >= 0.6 is 11.8 Å². The van der Waals surface area contributed by atoms with Crippen molar-refractivity contribution in [2.75, 3.05) is 19.9 Å². The van der Waals surface area contributed by atoms with Gasteiger partial charge in [0.25, 0.3) is 0 Å². The second kappa shape index (κ2) is 9.23. The molecule has 0 bridgehead atoms. The van der Waals surface area contributed by atoms with E-state index in [0.29, 0.717) is 19.4 Å². The SMILES string of the molecule is COc1ccc(-n2c(CCNC(=O)Cc3ccccc3)nnc2SC)cc1. The summed E-state index contributed by atoms with van der Waals surface area (Å²) in [6.07, 6.45) is 2.94. The standard InChI is InChI=1S/C20H22N4O2S/c1-26-17-10-8-16(9-11-17)24-18(22-23-20(24)27-2)12-13-21-19(25)14-15-6-4-3-5-7-15/h3-11H,12-14H2,1-2H3,(H,21,25). The van der Waals surface area contributed by atoms with Crippen molar-refractivity contribution >= 4 is 17.7 Å². The monoisotopic (exact) mass is 382 g/mol. The van der Waals surface area contributed by atoms with Gasteiger partial charge in [-0.25, -0.2) is 0 Å². The molecule has 0 saturated carbocycles. The average Bonchev–Trinajstić information content (AvgIpc) is 3.11. The number of ether oxygens (including phenoxy) is 1. The van der Waals surface area contributed by atoms with Crippen molar-refractivity contribution in [2.24, 2.45) is 0 Å². The van der Waals surface area contributed by atoms with Gasteiger partial charge in [-0.1, -0.05) is 42.1 Å². The number of hydrogen-bond acceptors (Lipinski definition) is 5. The molecule has 140 valence electrons. The zero-order valence-electron chi connectivity index (χ0n) is 15.4. The first-order chi connectivity index (χ1) is 13.2. The Kier molecular flexibility index (Phi) is 6.49. The number of thioether (sulfide) groups is 1. The van der Waals surface area contributed by atoms with Crippen molar-refractivity contribution in [3.05, 3.63) is 66.0 Å². The van der Waals surface area contributed by atoms with Crippen LogP contribution in [0.5, 0.6) is 5.75 Å². The van der Waals surface area contributed by atoms with Gasteiger partial charge in [0.2, 0.25) is 5.91 Å². The summed E-state index contributed by atoms with van der Waals surface area (Å²) in [6, 6.07) is 17.5. The van der Waals surface area contributed by atoms with E-state index in [1.54, 1.807) is 7.11 Å². The minimum absolute atomic E-state index is 0.00167. The van der Waals surface area contributed by atoms with Crippen LogP contribution in [-0.4, -0.2) is 40.6 Å². The molecule has 0 aliphatic carbocycles. The smallest absolute Gasteiger partial charge is 0.224 e. The van der Waals surface area contributed by atoms with Crippen LogP contribution < -0.4 is 10.1 Å². The summed E-state index contributed by atoms with van der Waals surface area (Å²) in [5.74, 6) is 1.61. The van der Waals surface area contributed by atoms with Crippen LogP contribution in [0.4, 0.5) is 0 Å². The predicted molar refractivity (Wildman–Crippen MR) is 107 cm³/mol. The summed E-state index contributed by atoms with van der Waals surface area (Å²) >= 11 is 1.53. The third-order valence-electron chi connectivity index (χ3n) is 4.09. The highest BCUT2D eigenvalue weighted by atomic mass is 32.2. The summed E-state index contributed by atoms with van der Waals surface area (Å²) in [5, 5.41) is 12.3. The molecule has 0 unspecified atom stereocenters. The fourth-order valence-electron chi connectivity index (χ4n) is 2.74. The topological polar surface area (TPSA) is 69.0 Å². The van der Waals surface area contributed by atoms with Gasteiger partial charge in [0.15, 0.2) is 5.16 Å². The third kappa shape index (κ3) is 4.89. The van der Waals surface area contributed by atoms with Gasteiger partial charge in [0.1, 0.15) is 11.6 Å². The van der Waals surface area contributed by atoms with E-state index in [2.05, 4.69) is 15.5 Å². The van der Waals surface area contributed by atoms with Crippen LogP contribution in [0.3, 0.4) is 0 Å². The molecule has 7 heteroatoms. The normalized spacial score (nSPS) is 10.6. The minimum Gasteiger partial charge on any atom is -0.497 e. The number of carbonyl (C=O) groups excluding carboxylic acids is 1. The molecule has 0 aliphatic heterocycles. The molecule has 0 atom stereocenters. The fraction of sp³-hybridized carbons (Fsp3) is 0.250. The van der Waals surface area contributed by atoms with E-state index in [0.717, 1.165) is 28.0 Å². The van der Waals surface area contributed by atoms with Crippen molar-refractivity contribution in [1.82, 2.24) is 20.1 Å². The maximum atomic E-state index is 12.1. The van der Waals surface area contributed by atoms with Gasteiger partial charge < -0.3 is 10.1 Å². The Morgan fingerprint density at radius 1 is 1.11 bits per heavy atom. The molecule has 1 aromatic heterocycles. The van der Waals surface area contributed by atoms with E-state index >= 15 is 0 Å². The number of nitrogens with one attached hydrogen (secondary N) is 1. The molecule has 0 aliphatic rings. The van der Waals surface area contributed by atoms with Crippen LogP contribution in [0.15, 0.2) is 59.8 Å². The summed E-state index contributed by atoms with van der Waals surface area (Å²) in [5.41, 5.74) is 1.97. The van der Waals surface area contributed by atoms with Crippen molar-refractivity contribution in [3.8, 4) is 11.4 Å². The van der Waals surface area contributed by atoms with Gasteiger partial charge in [0.05, 0.1) is 13.5 Å². The molecule has 3 aromatic rings. The number of rotatable bonds is 8. The fourth-order valence-corrected chi connectivity index (χ4v) is 3.26. The van der Waals surface area contributed by atoms with Crippen LogP contribution in [0.25, 0.3) is 5.69 Å². The Bertz CT molecular complexity index is 879. The predicted octanol–water partition coefficient (Wildman–Crippen LogP) is 2.90. The number of carbonyl (C=O) groups is 1. The Hall–Kier alpha value is -2.80. The van der Waals surface area contributed by atoms with Crippen LogP contribution in [0, 0.1) is 0 Å². The molecule has 0 fully saturated rings. The van der Waals surface area contributed by atoms with Crippen molar-refractivity contribution in [2.45, 2.75) is 18.0 Å². The van der Waals surface area contributed by atoms with E-state index in [1.807, 2.05) is 65.4 Å². The van der Waals surface area contributed by atoms with E-state index in [1.165, 1.54) is 11.8 Å². The van der Waals surface area contributed by atoms with Crippen molar-refractivity contribution in [3.63, 3.8) is 0 Å². The first-order valence-corrected chi connectivity index (χ1v) is 9.87. The third-order valence-corrected chi connectivity index (χ3v) is 4.72. The van der Waals surface area contributed by atoms with E-state index < -0.39 is 0 Å². The molecule has 2 aromatic carbocycles. The lowest BCUT2D eigenvalue weighted by Crippen LogP contribution is -2.27. The highest BCUT2D eigenvalue weighted by molar-refractivity contribution is 7.98. The second-order valence-corrected chi connectivity index (χ2v) is 6.67. The maximum Gasteiger partial charge on any atom is 0.224 e. The van der Waals surface area contributed by atoms with Gasteiger partial charge >= 0.3 is 0 Å². The van der Waals surface area contributed by atoms with Gasteiger partial charge in [-0.3, -0.25) is 9.36 Å². The highest BCUT2D eigenvalue weighted by Gasteiger charge is 2.13. The van der Waals surface area contributed by atoms with Gasteiger partial charge in [-0.2, -0.15) is 0 Å². The first-order valence-electron chi connectivity index (χ1n) is 8.64. The molecule has 6 nitrogen and oxygen atoms in total. The lowest BCUT2D eigenvalue weighted by molar-refractivity contribution is -0.120. The van der Waals surface area contributed by atoms with Crippen molar-refractivity contribution in [1.29, 1.82) is 0 Å². The zero-order valence-corrected chi connectivity index (χ0v) is 16.2. The summed E-state index contributed by atoms with van der Waals surface area (Å²) in [4.78, 5) is 12.1. The highest BCUT2D eigenvalue weighted by Crippen LogP contribution is 2.22. The largest absolute Gasteiger partial charge is 0.497 e. The number of nitrogens with zero attached hydrogens (tertiary/aromatic N) is 3. The second-order valence-electron chi connectivity index (χ2n) is 5.90. The molecule has 0 saturated heterocycles. The number of methoxy groups -OCH3 is 1. The quantitative estimate of drug-likeness (QED) is 0.607. The Morgan fingerprint density at radius 2 is 1.85 bits per heavy atom. The average molecular weight is 382 g/mol. The van der Waals surface area contributed by atoms with E-state index in [4.69, 9.17) is 4.74 Å². The number of hydrogen-bond donors (Lipinski definition) is 1. The Labute approximate surface area is 163 Å². The summed E-state index contributed by atoms with van der Waals surface area (Å²) in [6.45, 7) is 0.508. The summed E-state index contributed by atoms with van der Waals surface area (Å²) in [7, 11) is 1.64. The number of benzene rings is 2. The molecular formula is C20H22N4O2S. The Balaban J connectivity index is 1.64. The minimum atomic E-state index is 0.00167. The molecular weight excluding hydrogens is 360 g/mol. The number of amides is 1. The Morgan fingerprint density at radius 3 is 2.52 bits per heavy atom. The molecule has 1 amide bonds. The van der Waals surface area contributed by atoms with E-state index in [9.17, 15) is 4.79 Å². The first kappa shape index (κ1) is 19.0. The van der Waals surface area contributed by atoms with E-state index in [-0.39, 0.29) is 5.91 Å².